The van der Waals surface area contributed by atoms with Crippen molar-refractivity contribution >= 4 is 11.6 Å². The van der Waals surface area contributed by atoms with E-state index in [-0.39, 0.29) is 6.04 Å². The van der Waals surface area contributed by atoms with Gasteiger partial charge in [-0.15, -0.1) is 0 Å². The maximum atomic E-state index is 6.15. The number of nitrogens with two attached hydrogens (primary N) is 1. The highest BCUT2D eigenvalue weighted by atomic mass is 35.5. The summed E-state index contributed by atoms with van der Waals surface area (Å²) in [6.07, 6.45) is 1.58. The molecule has 4 heteroatoms. The summed E-state index contributed by atoms with van der Waals surface area (Å²) >= 11 is 6.15. The number of hydrogen-bond acceptors (Lipinski definition) is 3. The summed E-state index contributed by atoms with van der Waals surface area (Å²) < 4.78 is 10.7. The first-order valence-electron chi connectivity index (χ1n) is 5.80. The number of benzene rings is 1. The van der Waals surface area contributed by atoms with Gasteiger partial charge in [0.25, 0.3) is 0 Å². The fraction of sp³-hybridized carbons (Fsp3) is 0.538. The van der Waals surface area contributed by atoms with E-state index in [4.69, 9.17) is 26.8 Å². The minimum absolute atomic E-state index is 0.0659. The van der Waals surface area contributed by atoms with Crippen LogP contribution in [0.15, 0.2) is 18.2 Å². The number of halogens is 1. The van der Waals surface area contributed by atoms with Gasteiger partial charge in [-0.25, -0.2) is 0 Å². The Hall–Kier alpha value is -0.770. The van der Waals surface area contributed by atoms with Crippen LogP contribution in [0.25, 0.3) is 0 Å². The van der Waals surface area contributed by atoms with Gasteiger partial charge in [-0.1, -0.05) is 17.7 Å². The Morgan fingerprint density at radius 1 is 1.35 bits per heavy atom. The van der Waals surface area contributed by atoms with Crippen molar-refractivity contribution in [2.45, 2.75) is 25.8 Å². The lowest BCUT2D eigenvalue weighted by molar-refractivity contribution is 0.172. The highest BCUT2D eigenvalue weighted by Crippen LogP contribution is 2.27. The standard InChI is InChI=1S/C13H20ClNO2/c1-10(15)9-11-12(14)5-3-6-13(11)17-8-4-7-16-2/h3,5-6,10H,4,7-9,15H2,1-2H3. The quantitative estimate of drug-likeness (QED) is 0.764. The zero-order valence-electron chi connectivity index (χ0n) is 10.4. The molecule has 0 amide bonds. The second-order valence-electron chi connectivity index (χ2n) is 4.09. The molecule has 0 saturated heterocycles. The van der Waals surface area contributed by atoms with E-state index in [1.54, 1.807) is 7.11 Å². The highest BCUT2D eigenvalue weighted by Gasteiger charge is 2.10. The number of ether oxygens (including phenoxy) is 2. The molecule has 1 atom stereocenters. The molecule has 96 valence electrons. The van der Waals surface area contributed by atoms with Gasteiger partial charge in [-0.3, -0.25) is 0 Å². The van der Waals surface area contributed by atoms with Crippen LogP contribution in [-0.4, -0.2) is 26.4 Å². The number of rotatable bonds is 7. The lowest BCUT2D eigenvalue weighted by Gasteiger charge is -2.14. The van der Waals surface area contributed by atoms with E-state index in [1.807, 2.05) is 25.1 Å². The van der Waals surface area contributed by atoms with E-state index in [0.717, 1.165) is 24.2 Å². The maximum absolute atomic E-state index is 6.15. The molecule has 1 aromatic rings. The SMILES string of the molecule is COCCCOc1cccc(Cl)c1CC(C)N. The smallest absolute Gasteiger partial charge is 0.124 e. The first-order chi connectivity index (χ1) is 8.15. The largest absolute Gasteiger partial charge is 0.493 e. The molecule has 1 rings (SSSR count). The van der Waals surface area contributed by atoms with Gasteiger partial charge in [0.15, 0.2) is 0 Å². The zero-order chi connectivity index (χ0) is 12.7. The molecule has 0 saturated carbocycles. The summed E-state index contributed by atoms with van der Waals surface area (Å²) in [5, 5.41) is 0.714. The van der Waals surface area contributed by atoms with Crippen LogP contribution >= 0.6 is 11.6 Å². The zero-order valence-corrected chi connectivity index (χ0v) is 11.2. The molecule has 0 aliphatic rings. The van der Waals surface area contributed by atoms with E-state index in [9.17, 15) is 0 Å². The van der Waals surface area contributed by atoms with Crippen LogP contribution in [0.3, 0.4) is 0 Å². The highest BCUT2D eigenvalue weighted by molar-refractivity contribution is 6.31. The third-order valence-electron chi connectivity index (χ3n) is 2.35. The summed E-state index contributed by atoms with van der Waals surface area (Å²) in [5.41, 5.74) is 6.79. The van der Waals surface area contributed by atoms with E-state index in [1.165, 1.54) is 0 Å². The topological polar surface area (TPSA) is 44.5 Å². The van der Waals surface area contributed by atoms with Crippen LogP contribution in [0, 0.1) is 0 Å². The van der Waals surface area contributed by atoms with Crippen LogP contribution < -0.4 is 10.5 Å². The summed E-state index contributed by atoms with van der Waals surface area (Å²) in [5.74, 6) is 0.825. The molecule has 1 unspecified atom stereocenters. The summed E-state index contributed by atoms with van der Waals surface area (Å²) in [4.78, 5) is 0. The third kappa shape index (κ3) is 4.94. The fourth-order valence-corrected chi connectivity index (χ4v) is 1.82. The van der Waals surface area contributed by atoms with E-state index >= 15 is 0 Å². The lowest BCUT2D eigenvalue weighted by Crippen LogP contribution is -2.18. The Morgan fingerprint density at radius 2 is 2.12 bits per heavy atom. The van der Waals surface area contributed by atoms with Gasteiger partial charge in [0.2, 0.25) is 0 Å². The Kier molecular flexibility index (Phi) is 6.34. The fourth-order valence-electron chi connectivity index (χ4n) is 1.58. The Morgan fingerprint density at radius 3 is 2.76 bits per heavy atom. The first kappa shape index (κ1) is 14.3. The van der Waals surface area contributed by atoms with Crippen LogP contribution in [0.4, 0.5) is 0 Å². The molecule has 2 N–H and O–H groups in total. The van der Waals surface area contributed by atoms with Crippen LogP contribution in [0.5, 0.6) is 5.75 Å². The van der Waals surface area contributed by atoms with Gasteiger partial charge in [-0.2, -0.15) is 0 Å². The van der Waals surface area contributed by atoms with Crippen molar-refractivity contribution in [3.63, 3.8) is 0 Å². The van der Waals surface area contributed by atoms with Gasteiger partial charge in [0.05, 0.1) is 6.61 Å². The molecule has 0 aromatic heterocycles. The van der Waals surface area contributed by atoms with Gasteiger partial charge >= 0.3 is 0 Å². The molecule has 3 nitrogen and oxygen atoms in total. The van der Waals surface area contributed by atoms with Crippen LogP contribution in [-0.2, 0) is 11.2 Å². The van der Waals surface area contributed by atoms with E-state index < -0.39 is 0 Å². The van der Waals surface area contributed by atoms with Crippen molar-refractivity contribution < 1.29 is 9.47 Å². The lowest BCUT2D eigenvalue weighted by atomic mass is 10.1. The van der Waals surface area contributed by atoms with Crippen LogP contribution in [0.2, 0.25) is 5.02 Å². The Balaban J connectivity index is 2.66. The van der Waals surface area contributed by atoms with Crippen molar-refractivity contribution in [2.24, 2.45) is 5.73 Å². The average molecular weight is 258 g/mol. The predicted molar refractivity (Wildman–Crippen MR) is 70.8 cm³/mol. The van der Waals surface area contributed by atoms with Gasteiger partial charge in [0, 0.05) is 36.8 Å². The number of methoxy groups -OCH3 is 1. The molecule has 17 heavy (non-hydrogen) atoms. The minimum atomic E-state index is 0.0659. The first-order valence-corrected chi connectivity index (χ1v) is 6.17. The molecule has 0 aliphatic heterocycles. The second kappa shape index (κ2) is 7.54. The molecule has 1 aromatic carbocycles. The molecule has 0 spiro atoms. The maximum Gasteiger partial charge on any atom is 0.124 e. The summed E-state index contributed by atoms with van der Waals surface area (Å²) in [7, 11) is 1.68. The normalized spacial score (nSPS) is 12.5. The summed E-state index contributed by atoms with van der Waals surface area (Å²) in [6, 6.07) is 5.74. The molecule has 0 fully saturated rings. The summed E-state index contributed by atoms with van der Waals surface area (Å²) in [6.45, 7) is 3.28. The van der Waals surface area contributed by atoms with E-state index in [0.29, 0.717) is 18.2 Å². The Labute approximate surface area is 108 Å². The van der Waals surface area contributed by atoms with Crippen molar-refractivity contribution in [1.82, 2.24) is 0 Å². The molecule has 0 aliphatic carbocycles. The second-order valence-corrected chi connectivity index (χ2v) is 4.50. The monoisotopic (exact) mass is 257 g/mol. The van der Waals surface area contributed by atoms with Crippen molar-refractivity contribution in [1.29, 1.82) is 0 Å². The third-order valence-corrected chi connectivity index (χ3v) is 2.71. The molecule has 0 bridgehead atoms. The van der Waals surface area contributed by atoms with E-state index in [2.05, 4.69) is 0 Å². The Bertz CT molecular complexity index is 342. The van der Waals surface area contributed by atoms with Gasteiger partial charge < -0.3 is 15.2 Å². The van der Waals surface area contributed by atoms with Crippen molar-refractivity contribution in [3.8, 4) is 5.75 Å². The molecule has 0 heterocycles. The van der Waals surface area contributed by atoms with Gasteiger partial charge in [-0.05, 0) is 25.5 Å². The predicted octanol–water partition coefficient (Wildman–Crippen LogP) is 2.64. The van der Waals surface area contributed by atoms with Crippen molar-refractivity contribution in [2.75, 3.05) is 20.3 Å². The number of hydrogen-bond donors (Lipinski definition) is 1. The molecular weight excluding hydrogens is 238 g/mol. The van der Waals surface area contributed by atoms with Crippen molar-refractivity contribution in [3.05, 3.63) is 28.8 Å². The average Bonchev–Trinajstić information content (AvgIpc) is 2.28. The van der Waals surface area contributed by atoms with Gasteiger partial charge in [0.1, 0.15) is 5.75 Å². The molecular formula is C13H20ClNO2. The molecule has 0 radical (unpaired) electrons. The van der Waals surface area contributed by atoms with Crippen LogP contribution in [0.1, 0.15) is 18.9 Å². The minimum Gasteiger partial charge on any atom is -0.493 e.